The van der Waals surface area contributed by atoms with Gasteiger partial charge in [0, 0.05) is 12.6 Å². The Balaban J connectivity index is 1.66. The predicted molar refractivity (Wildman–Crippen MR) is 88.0 cm³/mol. The molecule has 3 rings (SSSR count). The van der Waals surface area contributed by atoms with Gasteiger partial charge in [0.1, 0.15) is 6.04 Å². The molecular weight excluding hydrogens is 296 g/mol. The summed E-state index contributed by atoms with van der Waals surface area (Å²) in [6.07, 6.45) is 8.64. The zero-order chi connectivity index (χ0) is 15.4. The van der Waals surface area contributed by atoms with Gasteiger partial charge in [0.05, 0.1) is 4.88 Å². The van der Waals surface area contributed by atoms with Crippen molar-refractivity contribution in [1.29, 1.82) is 0 Å². The van der Waals surface area contributed by atoms with E-state index in [1.807, 2.05) is 17.5 Å². The lowest BCUT2D eigenvalue weighted by molar-refractivity contribution is -0.127. The lowest BCUT2D eigenvalue weighted by Gasteiger charge is -2.35. The molecule has 2 heterocycles. The Morgan fingerprint density at radius 2 is 1.86 bits per heavy atom. The molecule has 1 aliphatic heterocycles. The number of piperidine rings is 1. The van der Waals surface area contributed by atoms with Crippen molar-refractivity contribution in [3.8, 4) is 0 Å². The molecule has 0 aromatic carbocycles. The number of nitrogens with one attached hydrogen (secondary N) is 1. The summed E-state index contributed by atoms with van der Waals surface area (Å²) in [6, 6.07) is 3.75. The molecule has 2 fully saturated rings. The number of carbonyl (C=O) groups is 2. The average molecular weight is 320 g/mol. The fourth-order valence-electron chi connectivity index (χ4n) is 3.53. The van der Waals surface area contributed by atoms with E-state index in [2.05, 4.69) is 5.32 Å². The Kier molecular flexibility index (Phi) is 5.13. The molecule has 0 bridgehead atoms. The Bertz CT molecular complexity index is 509. The summed E-state index contributed by atoms with van der Waals surface area (Å²) < 4.78 is 0. The maximum Gasteiger partial charge on any atom is 0.264 e. The maximum atomic E-state index is 12.6. The number of nitrogens with zero attached hydrogens (tertiary/aromatic N) is 1. The van der Waals surface area contributed by atoms with E-state index >= 15 is 0 Å². The molecule has 1 saturated carbocycles. The largest absolute Gasteiger partial charge is 0.352 e. The van der Waals surface area contributed by atoms with Crippen LogP contribution in [0.2, 0.25) is 0 Å². The first-order valence-electron chi connectivity index (χ1n) is 8.40. The molecular formula is C17H24N2O2S. The fraction of sp³-hybridized carbons (Fsp3) is 0.647. The van der Waals surface area contributed by atoms with Gasteiger partial charge in [0.15, 0.2) is 0 Å². The summed E-state index contributed by atoms with van der Waals surface area (Å²) in [5, 5.41) is 5.10. The molecule has 1 N–H and O–H groups in total. The Morgan fingerprint density at radius 1 is 1.09 bits per heavy atom. The minimum Gasteiger partial charge on any atom is -0.352 e. The van der Waals surface area contributed by atoms with E-state index in [1.54, 1.807) is 4.90 Å². The second-order valence-corrected chi connectivity index (χ2v) is 7.28. The van der Waals surface area contributed by atoms with E-state index in [0.29, 0.717) is 12.6 Å². The third-order valence-corrected chi connectivity index (χ3v) is 5.61. The van der Waals surface area contributed by atoms with Gasteiger partial charge in [-0.3, -0.25) is 9.59 Å². The summed E-state index contributed by atoms with van der Waals surface area (Å²) in [6.45, 7) is 0.694. The van der Waals surface area contributed by atoms with E-state index in [4.69, 9.17) is 0 Å². The molecule has 22 heavy (non-hydrogen) atoms. The Labute approximate surface area is 135 Å². The summed E-state index contributed by atoms with van der Waals surface area (Å²) in [4.78, 5) is 27.8. The van der Waals surface area contributed by atoms with Gasteiger partial charge in [-0.25, -0.2) is 0 Å². The van der Waals surface area contributed by atoms with Gasteiger partial charge in [-0.1, -0.05) is 25.3 Å². The topological polar surface area (TPSA) is 49.4 Å². The van der Waals surface area contributed by atoms with Crippen LogP contribution in [0.5, 0.6) is 0 Å². The number of rotatable bonds is 3. The minimum absolute atomic E-state index is 0.0125. The van der Waals surface area contributed by atoms with E-state index in [-0.39, 0.29) is 17.9 Å². The molecule has 1 aromatic rings. The highest BCUT2D eigenvalue weighted by atomic mass is 32.1. The van der Waals surface area contributed by atoms with Gasteiger partial charge in [-0.15, -0.1) is 11.3 Å². The second-order valence-electron chi connectivity index (χ2n) is 6.33. The van der Waals surface area contributed by atoms with Crippen molar-refractivity contribution in [2.45, 2.75) is 63.5 Å². The van der Waals surface area contributed by atoms with Gasteiger partial charge in [0.25, 0.3) is 5.91 Å². The van der Waals surface area contributed by atoms with Crippen LogP contribution in [0, 0.1) is 0 Å². The fourth-order valence-corrected chi connectivity index (χ4v) is 4.21. The molecule has 2 aliphatic rings. The Morgan fingerprint density at radius 3 is 2.59 bits per heavy atom. The lowest BCUT2D eigenvalue weighted by Crippen LogP contribution is -2.53. The van der Waals surface area contributed by atoms with Crippen molar-refractivity contribution in [3.63, 3.8) is 0 Å². The molecule has 2 amide bonds. The highest BCUT2D eigenvalue weighted by Gasteiger charge is 2.33. The van der Waals surface area contributed by atoms with Gasteiger partial charge in [-0.05, 0) is 43.6 Å². The molecule has 1 aromatic heterocycles. The molecule has 1 saturated heterocycles. The van der Waals surface area contributed by atoms with Crippen LogP contribution in [0.15, 0.2) is 17.5 Å². The van der Waals surface area contributed by atoms with Crippen molar-refractivity contribution >= 4 is 23.2 Å². The van der Waals surface area contributed by atoms with Crippen LogP contribution in [-0.4, -0.2) is 35.3 Å². The molecule has 0 unspecified atom stereocenters. The van der Waals surface area contributed by atoms with Crippen LogP contribution in [0.3, 0.4) is 0 Å². The van der Waals surface area contributed by atoms with E-state index in [1.165, 1.54) is 30.6 Å². The van der Waals surface area contributed by atoms with Crippen LogP contribution in [-0.2, 0) is 4.79 Å². The standard InChI is InChI=1S/C17H24N2O2S/c20-16(18-13-7-2-1-3-8-13)14-9-4-5-11-19(14)17(21)15-10-6-12-22-15/h6,10,12-14H,1-5,7-9,11H2,(H,18,20)/t14-/m1/s1. The van der Waals surface area contributed by atoms with E-state index in [0.717, 1.165) is 37.0 Å². The second kappa shape index (κ2) is 7.27. The number of thiophene rings is 1. The van der Waals surface area contributed by atoms with Gasteiger partial charge in [-0.2, -0.15) is 0 Å². The van der Waals surface area contributed by atoms with Crippen molar-refractivity contribution in [2.24, 2.45) is 0 Å². The SMILES string of the molecule is O=C(NC1CCCCC1)[C@H]1CCCCN1C(=O)c1cccs1. The van der Waals surface area contributed by atoms with E-state index < -0.39 is 0 Å². The monoisotopic (exact) mass is 320 g/mol. The highest BCUT2D eigenvalue weighted by molar-refractivity contribution is 7.12. The normalized spacial score (nSPS) is 23.3. The van der Waals surface area contributed by atoms with E-state index in [9.17, 15) is 9.59 Å². The molecule has 1 aliphatic carbocycles. The Hall–Kier alpha value is -1.36. The zero-order valence-corrected chi connectivity index (χ0v) is 13.7. The number of hydrogen-bond donors (Lipinski definition) is 1. The molecule has 0 spiro atoms. The zero-order valence-electron chi connectivity index (χ0n) is 12.9. The summed E-state index contributed by atoms with van der Waals surface area (Å²) in [5.74, 6) is 0.0648. The van der Waals surface area contributed by atoms with Crippen LogP contribution < -0.4 is 5.32 Å². The smallest absolute Gasteiger partial charge is 0.264 e. The third kappa shape index (κ3) is 3.51. The van der Waals surface area contributed by atoms with Crippen LogP contribution >= 0.6 is 11.3 Å². The molecule has 4 nitrogen and oxygen atoms in total. The first-order chi connectivity index (χ1) is 10.8. The number of carbonyl (C=O) groups excluding carboxylic acids is 2. The minimum atomic E-state index is -0.287. The average Bonchev–Trinajstić information content (AvgIpc) is 3.09. The van der Waals surface area contributed by atoms with Gasteiger partial charge < -0.3 is 10.2 Å². The molecule has 0 radical (unpaired) electrons. The van der Waals surface area contributed by atoms with Crippen molar-refractivity contribution in [1.82, 2.24) is 10.2 Å². The molecule has 5 heteroatoms. The quantitative estimate of drug-likeness (QED) is 0.930. The first-order valence-corrected chi connectivity index (χ1v) is 9.28. The summed E-state index contributed by atoms with van der Waals surface area (Å²) in [7, 11) is 0. The number of hydrogen-bond acceptors (Lipinski definition) is 3. The van der Waals surface area contributed by atoms with Crippen molar-refractivity contribution in [2.75, 3.05) is 6.54 Å². The van der Waals surface area contributed by atoms with Gasteiger partial charge in [0.2, 0.25) is 5.91 Å². The highest BCUT2D eigenvalue weighted by Crippen LogP contribution is 2.23. The first kappa shape index (κ1) is 15.5. The molecule has 1 atom stereocenters. The number of amides is 2. The molecule has 120 valence electrons. The van der Waals surface area contributed by atoms with Crippen LogP contribution in [0.4, 0.5) is 0 Å². The van der Waals surface area contributed by atoms with Gasteiger partial charge >= 0.3 is 0 Å². The lowest BCUT2D eigenvalue weighted by atomic mass is 9.94. The summed E-state index contributed by atoms with van der Waals surface area (Å²) in [5.41, 5.74) is 0. The third-order valence-electron chi connectivity index (χ3n) is 4.75. The van der Waals surface area contributed by atoms with Crippen LogP contribution in [0.25, 0.3) is 0 Å². The predicted octanol–water partition coefficient (Wildman–Crippen LogP) is 3.19. The summed E-state index contributed by atoms with van der Waals surface area (Å²) >= 11 is 1.45. The maximum absolute atomic E-state index is 12.6. The van der Waals surface area contributed by atoms with Crippen LogP contribution in [0.1, 0.15) is 61.0 Å². The van der Waals surface area contributed by atoms with Crippen molar-refractivity contribution in [3.05, 3.63) is 22.4 Å². The van der Waals surface area contributed by atoms with Crippen molar-refractivity contribution < 1.29 is 9.59 Å². The number of likely N-dealkylation sites (tertiary alicyclic amines) is 1.